The Morgan fingerprint density at radius 1 is 1.14 bits per heavy atom. The molecule has 7 heteroatoms. The standard InChI is InChI=1S/C29H35ClFN5/c1-17-25-24(36(7)34-17)10-11-29(27(25,2)3)16-19-9-8-18(20-12-21(30)15-22(31)13-20)14-23(19)28(29,4)33-26(32)35(5)6/h8-9,12-15H,10-11,16H2,1-7H3,(H2,32,33). The zero-order valence-electron chi connectivity index (χ0n) is 22.2. The minimum absolute atomic E-state index is 0.217. The second-order valence-corrected chi connectivity index (χ2v) is 11.8. The van der Waals surface area contributed by atoms with Crippen LogP contribution in [0.15, 0.2) is 41.4 Å². The fourth-order valence-electron chi connectivity index (χ4n) is 7.19. The van der Waals surface area contributed by atoms with Crippen LogP contribution in [-0.2, 0) is 30.8 Å². The van der Waals surface area contributed by atoms with Gasteiger partial charge in [-0.25, -0.2) is 9.38 Å². The molecule has 2 atom stereocenters. The minimum Gasteiger partial charge on any atom is -0.370 e. The first-order valence-corrected chi connectivity index (χ1v) is 12.8. The monoisotopic (exact) mass is 507 g/mol. The van der Waals surface area contributed by atoms with Crippen molar-refractivity contribution in [3.05, 3.63) is 75.3 Å². The minimum atomic E-state index is -0.604. The van der Waals surface area contributed by atoms with Gasteiger partial charge in [-0.3, -0.25) is 4.68 Å². The lowest BCUT2D eigenvalue weighted by Crippen LogP contribution is -2.55. The van der Waals surface area contributed by atoms with E-state index in [0.29, 0.717) is 11.0 Å². The molecule has 0 fully saturated rings. The van der Waals surface area contributed by atoms with Crippen LogP contribution in [0.5, 0.6) is 0 Å². The normalized spacial score (nSPS) is 24.6. The number of nitrogens with zero attached hydrogens (tertiary/aromatic N) is 4. The number of guanidine groups is 1. The number of fused-ring (bicyclic) bond motifs is 2. The van der Waals surface area contributed by atoms with Gasteiger partial charge in [0.2, 0.25) is 0 Å². The van der Waals surface area contributed by atoms with Crippen molar-refractivity contribution >= 4 is 17.6 Å². The molecule has 5 nitrogen and oxygen atoms in total. The van der Waals surface area contributed by atoms with Crippen molar-refractivity contribution in [2.45, 2.75) is 57.9 Å². The molecule has 0 saturated heterocycles. The van der Waals surface area contributed by atoms with Gasteiger partial charge in [-0.2, -0.15) is 5.10 Å². The van der Waals surface area contributed by atoms with Gasteiger partial charge in [-0.05, 0) is 79.6 Å². The summed E-state index contributed by atoms with van der Waals surface area (Å²) in [6, 6.07) is 11.1. The van der Waals surface area contributed by atoms with E-state index in [-0.39, 0.29) is 16.6 Å². The quantitative estimate of drug-likeness (QED) is 0.355. The lowest BCUT2D eigenvalue weighted by molar-refractivity contribution is 0.0371. The molecule has 1 spiro atoms. The molecule has 0 aliphatic heterocycles. The maximum atomic E-state index is 14.2. The maximum absolute atomic E-state index is 14.2. The number of rotatable bonds is 2. The number of aliphatic imine (C=N–C) groups is 1. The predicted molar refractivity (Wildman–Crippen MR) is 145 cm³/mol. The third-order valence-electron chi connectivity index (χ3n) is 9.00. The van der Waals surface area contributed by atoms with E-state index in [9.17, 15) is 4.39 Å². The van der Waals surface area contributed by atoms with Crippen molar-refractivity contribution in [3.63, 3.8) is 0 Å². The first-order chi connectivity index (χ1) is 16.8. The van der Waals surface area contributed by atoms with E-state index in [1.54, 1.807) is 0 Å². The Hall–Kier alpha value is -2.86. The fraction of sp³-hybridized carbons (Fsp3) is 0.448. The van der Waals surface area contributed by atoms with Crippen molar-refractivity contribution < 1.29 is 4.39 Å². The van der Waals surface area contributed by atoms with Crippen molar-refractivity contribution in [2.75, 3.05) is 14.1 Å². The van der Waals surface area contributed by atoms with Gasteiger partial charge in [-0.15, -0.1) is 0 Å². The molecule has 36 heavy (non-hydrogen) atoms. The molecule has 2 N–H and O–H groups in total. The van der Waals surface area contributed by atoms with E-state index in [1.165, 1.54) is 29.0 Å². The summed E-state index contributed by atoms with van der Waals surface area (Å²) < 4.78 is 16.3. The molecule has 0 bridgehead atoms. The van der Waals surface area contributed by atoms with E-state index in [2.05, 4.69) is 45.9 Å². The van der Waals surface area contributed by atoms with Crippen LogP contribution in [0.4, 0.5) is 4.39 Å². The Morgan fingerprint density at radius 2 is 1.86 bits per heavy atom. The van der Waals surface area contributed by atoms with Crippen LogP contribution in [0.1, 0.15) is 55.3 Å². The molecular formula is C29H35ClFN5. The first-order valence-electron chi connectivity index (χ1n) is 12.5. The van der Waals surface area contributed by atoms with Gasteiger partial charge in [-0.1, -0.05) is 37.6 Å². The van der Waals surface area contributed by atoms with Crippen LogP contribution < -0.4 is 5.73 Å². The number of hydrogen-bond acceptors (Lipinski definition) is 2. The van der Waals surface area contributed by atoms with Crippen LogP contribution >= 0.6 is 11.6 Å². The Labute approximate surface area is 218 Å². The Kier molecular flexibility index (Phi) is 5.56. The highest BCUT2D eigenvalue weighted by atomic mass is 35.5. The highest BCUT2D eigenvalue weighted by Crippen LogP contribution is 2.66. The number of aryl methyl sites for hydroxylation is 2. The molecule has 2 unspecified atom stereocenters. The summed E-state index contributed by atoms with van der Waals surface area (Å²) in [4.78, 5) is 7.16. The van der Waals surface area contributed by atoms with Crippen molar-refractivity contribution in [1.82, 2.24) is 14.7 Å². The molecule has 190 valence electrons. The molecule has 0 saturated carbocycles. The highest BCUT2D eigenvalue weighted by Gasteiger charge is 2.64. The Morgan fingerprint density at radius 3 is 2.53 bits per heavy atom. The average Bonchev–Trinajstić information content (AvgIpc) is 3.21. The summed E-state index contributed by atoms with van der Waals surface area (Å²) in [7, 11) is 5.89. The van der Waals surface area contributed by atoms with Gasteiger partial charge < -0.3 is 10.6 Å². The van der Waals surface area contributed by atoms with Crippen LogP contribution in [0.3, 0.4) is 0 Å². The van der Waals surface area contributed by atoms with Crippen molar-refractivity contribution in [1.29, 1.82) is 0 Å². The van der Waals surface area contributed by atoms with Crippen molar-refractivity contribution in [2.24, 2.45) is 23.2 Å². The van der Waals surface area contributed by atoms with Crippen LogP contribution in [0, 0.1) is 18.2 Å². The Bertz CT molecular complexity index is 1380. The summed E-state index contributed by atoms with van der Waals surface area (Å²) in [5.74, 6) is 0.147. The molecule has 3 aromatic rings. The number of hydrogen-bond donors (Lipinski definition) is 1. The number of aromatic nitrogens is 2. The number of benzene rings is 2. The fourth-order valence-corrected chi connectivity index (χ4v) is 7.41. The maximum Gasteiger partial charge on any atom is 0.191 e. The lowest BCUT2D eigenvalue weighted by atomic mass is 9.49. The van der Waals surface area contributed by atoms with Crippen LogP contribution in [-0.4, -0.2) is 34.7 Å². The second kappa shape index (κ2) is 8.07. The van der Waals surface area contributed by atoms with Gasteiger partial charge >= 0.3 is 0 Å². The molecule has 2 aromatic carbocycles. The largest absolute Gasteiger partial charge is 0.370 e. The predicted octanol–water partition coefficient (Wildman–Crippen LogP) is 5.75. The highest BCUT2D eigenvalue weighted by molar-refractivity contribution is 6.30. The summed E-state index contributed by atoms with van der Waals surface area (Å²) in [5, 5.41) is 5.18. The summed E-state index contributed by atoms with van der Waals surface area (Å²) >= 11 is 6.20. The Balaban J connectivity index is 1.76. The molecule has 0 radical (unpaired) electrons. The molecule has 2 aliphatic rings. The van der Waals surface area contributed by atoms with E-state index in [0.717, 1.165) is 41.6 Å². The van der Waals surface area contributed by atoms with Gasteiger partial charge in [0, 0.05) is 48.3 Å². The summed E-state index contributed by atoms with van der Waals surface area (Å²) in [6.45, 7) is 9.04. The second-order valence-electron chi connectivity index (χ2n) is 11.4. The van der Waals surface area contributed by atoms with Gasteiger partial charge in [0.25, 0.3) is 0 Å². The smallest absolute Gasteiger partial charge is 0.191 e. The number of nitrogens with two attached hydrogens (primary N) is 1. The molecule has 0 amide bonds. The summed E-state index contributed by atoms with van der Waals surface area (Å²) in [6.07, 6.45) is 2.78. The summed E-state index contributed by atoms with van der Waals surface area (Å²) in [5.41, 5.74) is 13.3. The van der Waals surface area contributed by atoms with E-state index >= 15 is 0 Å². The molecule has 2 aliphatic carbocycles. The molecule has 1 aromatic heterocycles. The van der Waals surface area contributed by atoms with Crippen LogP contribution in [0.25, 0.3) is 11.1 Å². The van der Waals surface area contributed by atoms with Crippen LogP contribution in [0.2, 0.25) is 5.02 Å². The molecular weight excluding hydrogens is 473 g/mol. The first kappa shape index (κ1) is 24.8. The molecule has 5 rings (SSSR count). The average molecular weight is 508 g/mol. The molecule has 1 heterocycles. The third kappa shape index (κ3) is 3.33. The topological polar surface area (TPSA) is 59.4 Å². The van der Waals surface area contributed by atoms with Gasteiger partial charge in [0.05, 0.1) is 11.2 Å². The van der Waals surface area contributed by atoms with Crippen molar-refractivity contribution in [3.8, 4) is 11.1 Å². The van der Waals surface area contributed by atoms with E-state index < -0.39 is 5.54 Å². The zero-order chi connectivity index (χ0) is 26.2. The third-order valence-corrected chi connectivity index (χ3v) is 9.22. The zero-order valence-corrected chi connectivity index (χ0v) is 23.0. The number of halogens is 2. The van der Waals surface area contributed by atoms with E-state index in [1.807, 2.05) is 36.8 Å². The van der Waals surface area contributed by atoms with Gasteiger partial charge in [0.1, 0.15) is 5.82 Å². The van der Waals surface area contributed by atoms with E-state index in [4.69, 9.17) is 27.4 Å². The van der Waals surface area contributed by atoms with Gasteiger partial charge in [0.15, 0.2) is 5.96 Å². The SMILES string of the molecule is Cc1nn(C)c2c1C(C)(C)C1(CC2)Cc2ccc(-c3cc(F)cc(Cl)c3)cc2C1(C)N=C(N)N(C)C. The lowest BCUT2D eigenvalue weighted by Gasteiger charge is -2.55.